The minimum absolute atomic E-state index is 0. The largest absolute Gasteiger partial charge is 0.490 e. The van der Waals surface area contributed by atoms with E-state index < -0.39 is 10.3 Å². The topological polar surface area (TPSA) is 103 Å². The van der Waals surface area contributed by atoms with Crippen LogP contribution in [-0.4, -0.2) is 44.7 Å². The molecule has 0 aromatic heterocycles. The van der Waals surface area contributed by atoms with E-state index in [1.54, 1.807) is 13.2 Å². The summed E-state index contributed by atoms with van der Waals surface area (Å²) >= 11 is 0. The first-order valence-electron chi connectivity index (χ1n) is 7.36. The number of anilines is 1. The van der Waals surface area contributed by atoms with Crippen LogP contribution in [0.3, 0.4) is 0 Å². The van der Waals surface area contributed by atoms with E-state index in [1.165, 1.54) is 19.2 Å². The summed E-state index contributed by atoms with van der Waals surface area (Å²) in [5.41, 5.74) is -0.428. The molecule has 0 unspecified atom stereocenters. The number of nitrogens with zero attached hydrogens (tertiary/aromatic N) is 1. The van der Waals surface area contributed by atoms with Crippen molar-refractivity contribution in [1.82, 2.24) is 5.32 Å². The van der Waals surface area contributed by atoms with Crippen molar-refractivity contribution < 1.29 is 19.2 Å². The van der Waals surface area contributed by atoms with Crippen LogP contribution in [0.5, 0.6) is 5.75 Å². The number of hydrogen-bond donors (Lipinski definition) is 2. The summed E-state index contributed by atoms with van der Waals surface area (Å²) in [7, 11) is 2.93. The lowest BCUT2D eigenvalue weighted by Crippen LogP contribution is -2.47. The molecule has 9 heteroatoms. The number of rotatable bonds is 6. The molecular formula is C15H22ClN3O5. The molecule has 0 bridgehead atoms. The summed E-state index contributed by atoms with van der Waals surface area (Å²) in [5, 5.41) is 17.1. The maximum atomic E-state index is 12.7. The number of nitro benzene ring substituents is 1. The Hall–Kier alpha value is -1.90. The molecule has 1 aliphatic heterocycles. The second kappa shape index (κ2) is 8.81. The van der Waals surface area contributed by atoms with Gasteiger partial charge in [0.25, 0.3) is 0 Å². The first-order valence-corrected chi connectivity index (χ1v) is 7.36. The van der Waals surface area contributed by atoms with Gasteiger partial charge in [0, 0.05) is 18.9 Å². The summed E-state index contributed by atoms with van der Waals surface area (Å²) < 4.78 is 10.2. The fraction of sp³-hybridized carbons (Fsp3) is 0.533. The first-order chi connectivity index (χ1) is 11.0. The third-order valence-electron chi connectivity index (χ3n) is 4.10. The fourth-order valence-corrected chi connectivity index (χ4v) is 2.79. The molecule has 1 saturated heterocycles. The molecule has 0 spiro atoms. The van der Waals surface area contributed by atoms with E-state index in [4.69, 9.17) is 9.47 Å². The third-order valence-corrected chi connectivity index (χ3v) is 4.10. The van der Waals surface area contributed by atoms with Crippen molar-refractivity contribution in [2.75, 3.05) is 39.2 Å². The van der Waals surface area contributed by atoms with Gasteiger partial charge in [-0.2, -0.15) is 0 Å². The van der Waals surface area contributed by atoms with Crippen molar-refractivity contribution in [3.05, 3.63) is 28.3 Å². The minimum Gasteiger partial charge on any atom is -0.490 e. The van der Waals surface area contributed by atoms with E-state index in [-0.39, 0.29) is 29.8 Å². The van der Waals surface area contributed by atoms with Crippen LogP contribution in [0, 0.1) is 15.5 Å². The molecule has 1 amide bonds. The molecule has 1 heterocycles. The smallest absolute Gasteiger partial charge is 0.312 e. The molecule has 0 radical (unpaired) electrons. The maximum Gasteiger partial charge on any atom is 0.312 e. The van der Waals surface area contributed by atoms with E-state index in [9.17, 15) is 14.9 Å². The zero-order valence-corrected chi connectivity index (χ0v) is 14.5. The van der Waals surface area contributed by atoms with Gasteiger partial charge in [-0.05, 0) is 38.1 Å². The summed E-state index contributed by atoms with van der Waals surface area (Å²) in [5.74, 6) is -0.0261. The number of ether oxygens (including phenoxy) is 2. The van der Waals surface area contributed by atoms with Crippen LogP contribution in [0.15, 0.2) is 18.2 Å². The van der Waals surface area contributed by atoms with Crippen LogP contribution >= 0.6 is 12.4 Å². The predicted octanol–water partition coefficient (Wildman–Crippen LogP) is 1.98. The van der Waals surface area contributed by atoms with Gasteiger partial charge >= 0.3 is 5.69 Å². The highest BCUT2D eigenvalue weighted by Gasteiger charge is 2.39. The summed E-state index contributed by atoms with van der Waals surface area (Å²) in [4.78, 5) is 23.2. The number of piperidine rings is 1. The molecule has 0 saturated carbocycles. The van der Waals surface area contributed by atoms with Gasteiger partial charge in [0.1, 0.15) is 0 Å². The first kappa shape index (κ1) is 20.1. The van der Waals surface area contributed by atoms with E-state index in [0.29, 0.717) is 25.1 Å². The SMILES string of the molecule is COCC1(C(=O)Nc2ccc(OC)c([N+](=O)[O-])c2)CCNCC1.Cl. The lowest BCUT2D eigenvalue weighted by Gasteiger charge is -2.35. The highest BCUT2D eigenvalue weighted by atomic mass is 35.5. The average Bonchev–Trinajstić information content (AvgIpc) is 2.55. The zero-order chi connectivity index (χ0) is 16.9. The number of hydrogen-bond acceptors (Lipinski definition) is 6. The molecule has 1 aliphatic rings. The lowest BCUT2D eigenvalue weighted by molar-refractivity contribution is -0.385. The monoisotopic (exact) mass is 359 g/mol. The Morgan fingerprint density at radius 1 is 1.38 bits per heavy atom. The van der Waals surface area contributed by atoms with Gasteiger partial charge in [-0.15, -0.1) is 12.4 Å². The summed E-state index contributed by atoms with van der Waals surface area (Å²) in [6.07, 6.45) is 1.32. The molecule has 2 N–H and O–H groups in total. The van der Waals surface area contributed by atoms with Crippen LogP contribution < -0.4 is 15.4 Å². The molecule has 134 valence electrons. The van der Waals surface area contributed by atoms with Crippen molar-refractivity contribution >= 4 is 29.7 Å². The number of nitro groups is 1. The standard InChI is InChI=1S/C15H21N3O5.ClH/c1-22-10-15(5-7-16-8-6-15)14(19)17-11-3-4-13(23-2)12(9-11)18(20)21;/h3-4,9,16H,5-8,10H2,1-2H3,(H,17,19);1H. The fourth-order valence-electron chi connectivity index (χ4n) is 2.79. The molecule has 1 aromatic rings. The van der Waals surface area contributed by atoms with Crippen LogP contribution in [0.1, 0.15) is 12.8 Å². The van der Waals surface area contributed by atoms with Crippen molar-refractivity contribution in [3.8, 4) is 5.75 Å². The number of carbonyl (C=O) groups is 1. The summed E-state index contributed by atoms with van der Waals surface area (Å²) in [6.45, 7) is 1.79. The number of halogens is 1. The van der Waals surface area contributed by atoms with Crippen LogP contribution in [0.25, 0.3) is 0 Å². The van der Waals surface area contributed by atoms with Gasteiger partial charge in [-0.3, -0.25) is 14.9 Å². The van der Waals surface area contributed by atoms with Crippen molar-refractivity contribution in [2.45, 2.75) is 12.8 Å². The molecule has 1 fully saturated rings. The van der Waals surface area contributed by atoms with Gasteiger partial charge in [0.05, 0.1) is 24.1 Å². The predicted molar refractivity (Wildman–Crippen MR) is 91.9 cm³/mol. The van der Waals surface area contributed by atoms with Crippen molar-refractivity contribution in [2.24, 2.45) is 5.41 Å². The Kier molecular flexibility index (Phi) is 7.40. The maximum absolute atomic E-state index is 12.7. The second-order valence-electron chi connectivity index (χ2n) is 5.56. The molecule has 8 nitrogen and oxygen atoms in total. The quantitative estimate of drug-likeness (QED) is 0.594. The van der Waals surface area contributed by atoms with Gasteiger partial charge in [-0.1, -0.05) is 0 Å². The van der Waals surface area contributed by atoms with Gasteiger partial charge in [-0.25, -0.2) is 0 Å². The Morgan fingerprint density at radius 3 is 2.58 bits per heavy atom. The van der Waals surface area contributed by atoms with Gasteiger partial charge < -0.3 is 20.1 Å². The molecular weight excluding hydrogens is 338 g/mol. The van der Waals surface area contributed by atoms with Crippen molar-refractivity contribution in [1.29, 1.82) is 0 Å². The van der Waals surface area contributed by atoms with E-state index in [0.717, 1.165) is 13.1 Å². The Bertz CT molecular complexity index is 585. The average molecular weight is 360 g/mol. The normalized spacial score (nSPS) is 15.9. The number of benzene rings is 1. The van der Waals surface area contributed by atoms with Crippen LogP contribution in [0.4, 0.5) is 11.4 Å². The molecule has 24 heavy (non-hydrogen) atoms. The number of methoxy groups -OCH3 is 2. The van der Waals surface area contributed by atoms with E-state index in [1.807, 2.05) is 0 Å². The Morgan fingerprint density at radius 2 is 2.04 bits per heavy atom. The zero-order valence-electron chi connectivity index (χ0n) is 13.7. The molecule has 1 aromatic carbocycles. The second-order valence-corrected chi connectivity index (χ2v) is 5.56. The van der Waals surface area contributed by atoms with Gasteiger partial charge in [0.15, 0.2) is 5.75 Å². The molecule has 0 aliphatic carbocycles. The Labute approximate surface area is 146 Å². The van der Waals surface area contributed by atoms with Crippen LogP contribution in [0.2, 0.25) is 0 Å². The molecule has 2 rings (SSSR count). The van der Waals surface area contributed by atoms with E-state index in [2.05, 4.69) is 10.6 Å². The number of nitrogens with one attached hydrogen (secondary N) is 2. The summed E-state index contributed by atoms with van der Waals surface area (Å²) in [6, 6.07) is 4.36. The van der Waals surface area contributed by atoms with E-state index >= 15 is 0 Å². The lowest BCUT2D eigenvalue weighted by atomic mass is 9.78. The molecule has 0 atom stereocenters. The number of carbonyl (C=O) groups excluding carboxylic acids is 1. The minimum atomic E-state index is -0.616. The number of amides is 1. The third kappa shape index (κ3) is 4.34. The Balaban J connectivity index is 0.00000288. The highest BCUT2D eigenvalue weighted by Crippen LogP contribution is 2.33. The van der Waals surface area contributed by atoms with Crippen molar-refractivity contribution in [3.63, 3.8) is 0 Å². The van der Waals surface area contributed by atoms with Gasteiger partial charge in [0.2, 0.25) is 5.91 Å². The highest BCUT2D eigenvalue weighted by molar-refractivity contribution is 5.96. The van der Waals surface area contributed by atoms with Crippen LogP contribution in [-0.2, 0) is 9.53 Å².